The number of benzene rings is 2. The Kier molecular flexibility index (Phi) is 7.39. The zero-order valence-electron chi connectivity index (χ0n) is 17.0. The maximum absolute atomic E-state index is 12.8. The Balaban J connectivity index is 1.66. The van der Waals surface area contributed by atoms with E-state index >= 15 is 0 Å². The highest BCUT2D eigenvalue weighted by molar-refractivity contribution is 7.92. The Labute approximate surface area is 182 Å². The minimum absolute atomic E-state index is 0.222. The van der Waals surface area contributed by atoms with Crippen molar-refractivity contribution in [2.45, 2.75) is 44.0 Å². The van der Waals surface area contributed by atoms with Crippen molar-refractivity contribution in [2.75, 3.05) is 17.8 Å². The molecule has 162 valence electrons. The highest BCUT2D eigenvalue weighted by atomic mass is 35.5. The molecule has 2 aromatic rings. The van der Waals surface area contributed by atoms with Crippen LogP contribution in [-0.2, 0) is 27.8 Å². The summed E-state index contributed by atoms with van der Waals surface area (Å²) in [6, 6.07) is 11.9. The number of sulfonamides is 1. The predicted molar refractivity (Wildman–Crippen MR) is 118 cm³/mol. The number of hydrogen-bond acceptors (Lipinski definition) is 4. The number of halogens is 1. The molecule has 8 heteroatoms. The number of fused-ring (bicyclic) bond motifs is 1. The van der Waals surface area contributed by atoms with E-state index in [2.05, 4.69) is 9.62 Å². The van der Waals surface area contributed by atoms with E-state index in [-0.39, 0.29) is 10.8 Å². The van der Waals surface area contributed by atoms with Crippen molar-refractivity contribution in [3.05, 3.63) is 58.6 Å². The largest absolute Gasteiger partial charge is 0.481 e. The van der Waals surface area contributed by atoms with Crippen molar-refractivity contribution < 1.29 is 18.3 Å². The number of nitrogens with one attached hydrogen (secondary N) is 1. The van der Waals surface area contributed by atoms with Gasteiger partial charge in [-0.05, 0) is 73.7 Å². The molecule has 0 amide bonds. The Morgan fingerprint density at radius 3 is 2.73 bits per heavy atom. The van der Waals surface area contributed by atoms with Gasteiger partial charge in [0.25, 0.3) is 10.0 Å². The molecule has 0 bridgehead atoms. The van der Waals surface area contributed by atoms with E-state index in [4.69, 9.17) is 11.6 Å². The highest BCUT2D eigenvalue weighted by Crippen LogP contribution is 2.25. The van der Waals surface area contributed by atoms with Gasteiger partial charge in [0.1, 0.15) is 0 Å². The average Bonchev–Trinajstić information content (AvgIpc) is 2.70. The molecule has 0 saturated carbocycles. The first-order chi connectivity index (χ1) is 14.3. The van der Waals surface area contributed by atoms with Gasteiger partial charge in [-0.3, -0.25) is 14.4 Å². The number of carboxylic acids is 1. The number of anilines is 1. The molecule has 0 saturated heterocycles. The van der Waals surface area contributed by atoms with Gasteiger partial charge in [-0.15, -0.1) is 0 Å². The standard InChI is InChI=1S/C22H27ClN2O4S/c1-2-16(22(26)27)5-4-11-25-12-10-17-8-9-21(13-18(17)15-25)30(28,29)24-20-7-3-6-19(23)14-20/h3,6-9,13-14,16,24H,2,4-5,10-12,15H2,1H3,(H,26,27). The molecule has 3 rings (SSSR count). The van der Waals surface area contributed by atoms with Crippen molar-refractivity contribution in [1.29, 1.82) is 0 Å². The molecule has 0 aromatic heterocycles. The van der Waals surface area contributed by atoms with Crippen LogP contribution in [0.1, 0.15) is 37.3 Å². The van der Waals surface area contributed by atoms with Gasteiger partial charge in [-0.1, -0.05) is 30.7 Å². The Hall–Kier alpha value is -2.09. The quantitative estimate of drug-likeness (QED) is 0.591. The van der Waals surface area contributed by atoms with E-state index in [9.17, 15) is 18.3 Å². The van der Waals surface area contributed by atoms with Crippen LogP contribution in [0.3, 0.4) is 0 Å². The number of rotatable bonds is 9. The van der Waals surface area contributed by atoms with Gasteiger partial charge in [0.05, 0.1) is 16.5 Å². The second-order valence-corrected chi connectivity index (χ2v) is 9.78. The van der Waals surface area contributed by atoms with Gasteiger partial charge in [-0.2, -0.15) is 0 Å². The Morgan fingerprint density at radius 2 is 2.03 bits per heavy atom. The summed E-state index contributed by atoms with van der Waals surface area (Å²) >= 11 is 5.95. The van der Waals surface area contributed by atoms with Crippen molar-refractivity contribution >= 4 is 33.3 Å². The van der Waals surface area contributed by atoms with Gasteiger partial charge in [0, 0.05) is 18.1 Å². The molecule has 0 aliphatic carbocycles. The molecule has 6 nitrogen and oxygen atoms in total. The molecule has 30 heavy (non-hydrogen) atoms. The Morgan fingerprint density at radius 1 is 1.23 bits per heavy atom. The molecule has 1 aliphatic rings. The first-order valence-electron chi connectivity index (χ1n) is 10.1. The van der Waals surface area contributed by atoms with E-state index in [1.54, 1.807) is 36.4 Å². The van der Waals surface area contributed by atoms with Crippen LogP contribution < -0.4 is 4.72 Å². The summed E-state index contributed by atoms with van der Waals surface area (Å²) in [5.41, 5.74) is 2.58. The number of nitrogens with zero attached hydrogens (tertiary/aromatic N) is 1. The lowest BCUT2D eigenvalue weighted by Crippen LogP contribution is -2.32. The summed E-state index contributed by atoms with van der Waals surface area (Å²) in [5, 5.41) is 9.65. The number of hydrogen-bond donors (Lipinski definition) is 2. The van der Waals surface area contributed by atoms with E-state index in [0.29, 0.717) is 30.1 Å². The smallest absolute Gasteiger partial charge is 0.306 e. The first-order valence-corrected chi connectivity index (χ1v) is 12.0. The normalized spacial score (nSPS) is 15.4. The molecule has 2 aromatic carbocycles. The topological polar surface area (TPSA) is 86.7 Å². The van der Waals surface area contributed by atoms with E-state index in [1.165, 1.54) is 0 Å². The SMILES string of the molecule is CCC(CCCN1CCc2ccc(S(=O)(=O)Nc3cccc(Cl)c3)cc2C1)C(=O)O. The summed E-state index contributed by atoms with van der Waals surface area (Å²) in [6.07, 6.45) is 2.97. The van der Waals surface area contributed by atoms with Crippen LogP contribution in [-0.4, -0.2) is 37.5 Å². The summed E-state index contributed by atoms with van der Waals surface area (Å²) < 4.78 is 28.2. The van der Waals surface area contributed by atoms with Gasteiger partial charge in [0.15, 0.2) is 0 Å². The fraction of sp³-hybridized carbons (Fsp3) is 0.409. The van der Waals surface area contributed by atoms with Crippen LogP contribution in [0, 0.1) is 5.92 Å². The number of carboxylic acid groups (broad SMARTS) is 1. The summed E-state index contributed by atoms with van der Waals surface area (Å²) in [6.45, 7) is 4.26. The van der Waals surface area contributed by atoms with E-state index in [1.807, 2.05) is 13.0 Å². The third-order valence-electron chi connectivity index (χ3n) is 5.53. The molecular formula is C22H27ClN2O4S. The molecule has 2 N–H and O–H groups in total. The maximum atomic E-state index is 12.8. The summed E-state index contributed by atoms with van der Waals surface area (Å²) in [7, 11) is -3.71. The second-order valence-electron chi connectivity index (χ2n) is 7.66. The lowest BCUT2D eigenvalue weighted by molar-refractivity contribution is -0.142. The number of aliphatic carboxylic acids is 1. The summed E-state index contributed by atoms with van der Waals surface area (Å²) in [4.78, 5) is 13.7. The molecule has 0 spiro atoms. The van der Waals surface area contributed by atoms with Gasteiger partial charge >= 0.3 is 5.97 Å². The fourth-order valence-electron chi connectivity index (χ4n) is 3.78. The van der Waals surface area contributed by atoms with Gasteiger partial charge in [-0.25, -0.2) is 8.42 Å². The molecule has 1 unspecified atom stereocenters. The van der Waals surface area contributed by atoms with Crippen molar-refractivity contribution in [3.63, 3.8) is 0 Å². The third kappa shape index (κ3) is 5.74. The molecular weight excluding hydrogens is 424 g/mol. The number of carbonyl (C=O) groups is 1. The van der Waals surface area contributed by atoms with Gasteiger partial charge < -0.3 is 5.11 Å². The minimum Gasteiger partial charge on any atom is -0.481 e. The van der Waals surface area contributed by atoms with Crippen LogP contribution in [0.2, 0.25) is 5.02 Å². The monoisotopic (exact) mass is 450 g/mol. The Bertz CT molecular complexity index is 1010. The van der Waals surface area contributed by atoms with E-state index in [0.717, 1.165) is 37.1 Å². The van der Waals surface area contributed by atoms with E-state index < -0.39 is 16.0 Å². The van der Waals surface area contributed by atoms with Crippen LogP contribution in [0.5, 0.6) is 0 Å². The predicted octanol–water partition coefficient (Wildman–Crippen LogP) is 4.39. The molecule has 1 atom stereocenters. The van der Waals surface area contributed by atoms with Crippen LogP contribution in [0.15, 0.2) is 47.4 Å². The third-order valence-corrected chi connectivity index (χ3v) is 7.14. The average molecular weight is 451 g/mol. The molecule has 1 heterocycles. The lowest BCUT2D eigenvalue weighted by Gasteiger charge is -2.29. The molecule has 0 radical (unpaired) electrons. The zero-order valence-corrected chi connectivity index (χ0v) is 18.5. The van der Waals surface area contributed by atoms with Crippen LogP contribution in [0.25, 0.3) is 0 Å². The van der Waals surface area contributed by atoms with Crippen LogP contribution in [0.4, 0.5) is 5.69 Å². The molecule has 0 fully saturated rings. The minimum atomic E-state index is -3.71. The lowest BCUT2D eigenvalue weighted by atomic mass is 9.98. The zero-order chi connectivity index (χ0) is 21.7. The van der Waals surface area contributed by atoms with Crippen LogP contribution >= 0.6 is 11.6 Å². The second kappa shape index (κ2) is 9.81. The fourth-order valence-corrected chi connectivity index (χ4v) is 5.07. The first kappa shape index (κ1) is 22.6. The van der Waals surface area contributed by atoms with Crippen molar-refractivity contribution in [3.8, 4) is 0 Å². The highest BCUT2D eigenvalue weighted by Gasteiger charge is 2.21. The maximum Gasteiger partial charge on any atom is 0.306 e. The molecule has 1 aliphatic heterocycles. The van der Waals surface area contributed by atoms with Crippen molar-refractivity contribution in [1.82, 2.24) is 4.90 Å². The van der Waals surface area contributed by atoms with Crippen molar-refractivity contribution in [2.24, 2.45) is 5.92 Å². The summed E-state index contributed by atoms with van der Waals surface area (Å²) in [5.74, 6) is -1.03. The van der Waals surface area contributed by atoms with Gasteiger partial charge in [0.2, 0.25) is 0 Å².